The number of carbonyl (C=O) groups is 1. The number of alkyl halides is 3. The van der Waals surface area contributed by atoms with Crippen LogP contribution in [0.15, 0.2) is 18.3 Å². The quantitative estimate of drug-likeness (QED) is 0.349. The molecule has 3 heterocycles. The fourth-order valence-electron chi connectivity index (χ4n) is 6.80. The van der Waals surface area contributed by atoms with Gasteiger partial charge in [-0.3, -0.25) is 4.79 Å². The highest BCUT2D eigenvalue weighted by Crippen LogP contribution is 2.57. The first-order valence-electron chi connectivity index (χ1n) is 11.5. The summed E-state index contributed by atoms with van der Waals surface area (Å²) >= 11 is 0. The zero-order valence-electron chi connectivity index (χ0n) is 19.2. The average molecular weight is 519 g/mol. The van der Waals surface area contributed by atoms with Gasteiger partial charge in [0.15, 0.2) is 11.6 Å². The van der Waals surface area contributed by atoms with Crippen molar-refractivity contribution in [1.82, 2.24) is 9.88 Å². The number of carbonyl (C=O) groups excluding carboxylic acids is 1. The summed E-state index contributed by atoms with van der Waals surface area (Å²) in [5.74, 6) is -3.06. The van der Waals surface area contributed by atoms with Crippen LogP contribution in [0.5, 0.6) is 5.75 Å². The first kappa shape index (κ1) is 24.4. The summed E-state index contributed by atoms with van der Waals surface area (Å²) in [6.45, 7) is 3.80. The average Bonchev–Trinajstić information content (AvgIpc) is 3.11. The van der Waals surface area contributed by atoms with Gasteiger partial charge >= 0.3 is 15.6 Å². The van der Waals surface area contributed by atoms with E-state index in [-0.39, 0.29) is 46.3 Å². The van der Waals surface area contributed by atoms with E-state index < -0.39 is 38.7 Å². The Balaban J connectivity index is 1.43. The van der Waals surface area contributed by atoms with Gasteiger partial charge in [-0.2, -0.15) is 21.6 Å². The molecule has 2 N–H and O–H groups in total. The van der Waals surface area contributed by atoms with Crippen LogP contribution in [0.4, 0.5) is 17.6 Å². The lowest BCUT2D eigenvalue weighted by molar-refractivity contribution is -0.193. The van der Waals surface area contributed by atoms with Gasteiger partial charge in [-0.25, -0.2) is 4.39 Å². The Kier molecular flexibility index (Phi) is 5.28. The Hall–Kier alpha value is -2.34. The fraction of sp³-hybridized carbons (Fsp3) is 0.609. The molecule has 0 spiro atoms. The number of aromatic amines is 1. The van der Waals surface area contributed by atoms with Crippen molar-refractivity contribution in [3.8, 4) is 5.75 Å². The molecule has 3 unspecified atom stereocenters. The van der Waals surface area contributed by atoms with E-state index in [0.29, 0.717) is 12.8 Å². The Morgan fingerprint density at radius 1 is 1.26 bits per heavy atom. The Morgan fingerprint density at radius 3 is 2.46 bits per heavy atom. The summed E-state index contributed by atoms with van der Waals surface area (Å²) in [7, 11) is -6.10. The number of nitrogens with one attached hydrogen (secondary N) is 1. The molecule has 35 heavy (non-hydrogen) atoms. The molecule has 2 saturated heterocycles. The number of nitrogens with zero attached hydrogens (tertiary/aromatic N) is 1. The lowest BCUT2D eigenvalue weighted by Crippen LogP contribution is -2.68. The van der Waals surface area contributed by atoms with Gasteiger partial charge in [-0.15, -0.1) is 0 Å². The van der Waals surface area contributed by atoms with Crippen LogP contribution >= 0.6 is 0 Å². The molecule has 2 aliphatic carbocycles. The van der Waals surface area contributed by atoms with Crippen molar-refractivity contribution in [3.05, 3.63) is 29.7 Å². The third-order valence-electron chi connectivity index (χ3n) is 7.79. The van der Waals surface area contributed by atoms with Crippen molar-refractivity contribution in [3.63, 3.8) is 0 Å². The number of amides is 1. The van der Waals surface area contributed by atoms with Crippen LogP contribution in [-0.2, 0) is 14.9 Å². The number of piperidine rings is 2. The molecule has 1 amide bonds. The molecule has 3 atom stereocenters. The van der Waals surface area contributed by atoms with Gasteiger partial charge in [0, 0.05) is 35.6 Å². The molecule has 7 nitrogen and oxygen atoms in total. The summed E-state index contributed by atoms with van der Waals surface area (Å²) in [5, 5.41) is 10.8. The van der Waals surface area contributed by atoms with Crippen LogP contribution in [0.1, 0.15) is 63.9 Å². The number of aliphatic hydroxyl groups is 1. The summed E-state index contributed by atoms with van der Waals surface area (Å²) in [6.07, 6.45) is 4.78. The predicted molar refractivity (Wildman–Crippen MR) is 117 cm³/mol. The predicted octanol–water partition coefficient (Wildman–Crippen LogP) is 4.32. The number of rotatable bonds is 5. The van der Waals surface area contributed by atoms with E-state index in [1.54, 1.807) is 6.92 Å². The number of benzene rings is 1. The summed E-state index contributed by atoms with van der Waals surface area (Å²) in [6, 6.07) is 1.91. The number of aromatic nitrogens is 1. The molecule has 2 aromatic rings. The largest absolute Gasteiger partial charge is 0.534 e. The van der Waals surface area contributed by atoms with Crippen LogP contribution in [0.3, 0.4) is 0 Å². The van der Waals surface area contributed by atoms with Crippen LogP contribution < -0.4 is 4.18 Å². The Labute approximate surface area is 199 Å². The summed E-state index contributed by atoms with van der Waals surface area (Å²) in [4.78, 5) is 18.0. The molecular formula is C23H26F4N2O5S. The van der Waals surface area contributed by atoms with Crippen molar-refractivity contribution in [2.75, 3.05) is 0 Å². The van der Waals surface area contributed by atoms with E-state index in [9.17, 15) is 35.9 Å². The molecule has 1 aromatic carbocycles. The minimum Gasteiger partial charge on any atom is -0.390 e. The van der Waals surface area contributed by atoms with Gasteiger partial charge in [-0.05, 0) is 61.1 Å². The maximum Gasteiger partial charge on any atom is 0.534 e. The van der Waals surface area contributed by atoms with Crippen LogP contribution in [0, 0.1) is 11.2 Å². The Morgan fingerprint density at radius 2 is 1.89 bits per heavy atom. The molecule has 4 bridgehead atoms. The second-order valence-electron chi connectivity index (χ2n) is 10.8. The SMILES string of the molecule is CC(CC(=O)N1C2CC3(C)CC1CC(O)(C2)C3)c1c[nH]c2ccc(F)c(OS(=O)(=O)C(F)(F)F)c12. The van der Waals surface area contributed by atoms with Crippen molar-refractivity contribution in [2.45, 2.75) is 81.5 Å². The zero-order valence-corrected chi connectivity index (χ0v) is 20.0. The highest BCUT2D eigenvalue weighted by Gasteiger charge is 2.59. The molecule has 2 aliphatic heterocycles. The van der Waals surface area contributed by atoms with Gasteiger partial charge in [0.25, 0.3) is 0 Å². The van der Waals surface area contributed by atoms with Gasteiger partial charge < -0.3 is 19.2 Å². The first-order chi connectivity index (χ1) is 16.1. The standard InChI is InChI=1S/C23H26F4N2O5S/c1-12(5-18(30)29-13-6-21(2)7-14(29)9-22(31,8-13)11-21)15-10-28-17-4-3-16(24)20(19(15)17)34-35(32,33)23(25,26)27/h3-4,10,12-14,28,31H,5-9,11H2,1-2H3. The molecule has 12 heteroatoms. The van der Waals surface area contributed by atoms with Crippen LogP contribution in [-0.4, -0.2) is 52.5 Å². The fourth-order valence-corrected chi connectivity index (χ4v) is 7.28. The van der Waals surface area contributed by atoms with Gasteiger partial charge in [-0.1, -0.05) is 13.8 Å². The first-order valence-corrected chi connectivity index (χ1v) is 12.9. The number of halogens is 4. The monoisotopic (exact) mass is 518 g/mol. The molecule has 6 rings (SSSR count). The second kappa shape index (κ2) is 7.58. The lowest BCUT2D eigenvalue weighted by Gasteiger charge is -2.63. The molecule has 4 aliphatic rings. The minimum absolute atomic E-state index is 0.00639. The molecule has 192 valence electrons. The normalized spacial score (nSPS) is 31.2. The van der Waals surface area contributed by atoms with E-state index in [1.165, 1.54) is 12.3 Å². The van der Waals surface area contributed by atoms with Gasteiger partial charge in [0.1, 0.15) is 0 Å². The smallest absolute Gasteiger partial charge is 0.390 e. The second-order valence-corrected chi connectivity index (χ2v) is 12.3. The molecular weight excluding hydrogens is 492 g/mol. The highest BCUT2D eigenvalue weighted by atomic mass is 32.2. The van der Waals surface area contributed by atoms with E-state index in [0.717, 1.165) is 25.3 Å². The highest BCUT2D eigenvalue weighted by molar-refractivity contribution is 7.88. The maximum atomic E-state index is 14.5. The maximum absolute atomic E-state index is 14.5. The Bertz CT molecular complexity index is 1270. The number of H-pyrrole nitrogens is 1. The molecule has 2 saturated carbocycles. The molecule has 4 fully saturated rings. The van der Waals surface area contributed by atoms with E-state index in [1.807, 2.05) is 4.90 Å². The lowest BCUT2D eigenvalue weighted by atomic mass is 9.54. The zero-order chi connectivity index (χ0) is 25.6. The summed E-state index contributed by atoms with van der Waals surface area (Å²) in [5.41, 5.74) is -6.04. The third kappa shape index (κ3) is 3.98. The van der Waals surface area contributed by atoms with Gasteiger partial charge in [0.2, 0.25) is 5.91 Å². The topological polar surface area (TPSA) is 99.7 Å². The van der Waals surface area contributed by atoms with E-state index in [2.05, 4.69) is 16.1 Å². The molecule has 1 aromatic heterocycles. The summed E-state index contributed by atoms with van der Waals surface area (Å²) < 4.78 is 80.6. The van der Waals surface area contributed by atoms with Crippen LogP contribution in [0.25, 0.3) is 10.9 Å². The van der Waals surface area contributed by atoms with E-state index >= 15 is 0 Å². The van der Waals surface area contributed by atoms with E-state index in [4.69, 9.17) is 0 Å². The third-order valence-corrected chi connectivity index (χ3v) is 8.74. The van der Waals surface area contributed by atoms with Crippen molar-refractivity contribution < 1.29 is 40.1 Å². The molecule has 0 radical (unpaired) electrons. The van der Waals surface area contributed by atoms with Crippen molar-refractivity contribution >= 4 is 26.9 Å². The van der Waals surface area contributed by atoms with Crippen molar-refractivity contribution in [1.29, 1.82) is 0 Å². The van der Waals surface area contributed by atoms with Gasteiger partial charge in [0.05, 0.1) is 5.60 Å². The number of hydrogen-bond donors (Lipinski definition) is 2. The van der Waals surface area contributed by atoms with Crippen molar-refractivity contribution in [2.24, 2.45) is 5.41 Å². The number of fused-ring (bicyclic) bond motifs is 1. The van der Waals surface area contributed by atoms with Crippen LogP contribution in [0.2, 0.25) is 0 Å². The minimum atomic E-state index is -6.10. The number of hydrogen-bond acceptors (Lipinski definition) is 5.